The van der Waals surface area contributed by atoms with Crippen molar-refractivity contribution in [1.29, 1.82) is 0 Å². The van der Waals surface area contributed by atoms with E-state index in [2.05, 4.69) is 15.5 Å². The third-order valence-electron chi connectivity index (χ3n) is 3.76. The summed E-state index contributed by atoms with van der Waals surface area (Å²) in [6.07, 6.45) is 2.03. The zero-order valence-corrected chi connectivity index (χ0v) is 11.8. The molecule has 1 amide bonds. The van der Waals surface area contributed by atoms with Gasteiger partial charge in [0.15, 0.2) is 5.82 Å². The predicted octanol–water partition coefficient (Wildman–Crippen LogP) is 0.725. The Bertz CT molecular complexity index is 447. The number of hydrogen-bond acceptors (Lipinski definition) is 5. The Kier molecular flexibility index (Phi) is 4.42. The van der Waals surface area contributed by atoms with Crippen LogP contribution in [0.3, 0.4) is 0 Å². The number of carbonyl (C=O) groups is 1. The lowest BCUT2D eigenvalue weighted by molar-refractivity contribution is -0.138. The van der Waals surface area contributed by atoms with Crippen LogP contribution in [0.5, 0.6) is 0 Å². The first-order valence-corrected chi connectivity index (χ1v) is 6.54. The smallest absolute Gasteiger partial charge is 0.231 e. The van der Waals surface area contributed by atoms with E-state index in [1.165, 1.54) is 0 Å². The minimum atomic E-state index is 0. The average Bonchev–Trinajstić information content (AvgIpc) is 2.74. The molecule has 1 unspecified atom stereocenters. The largest absolute Gasteiger partial charge is 0.342 e. The summed E-state index contributed by atoms with van der Waals surface area (Å²) in [5.41, 5.74) is 0. The summed E-state index contributed by atoms with van der Waals surface area (Å²) in [4.78, 5) is 18.4. The molecule has 1 N–H and O–H groups in total. The highest BCUT2D eigenvalue weighted by Gasteiger charge is 2.33. The number of aryl methyl sites for hydroxylation is 1. The van der Waals surface area contributed by atoms with Gasteiger partial charge in [0, 0.05) is 26.2 Å². The number of hydrogen-bond donors (Lipinski definition) is 1. The summed E-state index contributed by atoms with van der Waals surface area (Å²) >= 11 is 0. The van der Waals surface area contributed by atoms with Crippen LogP contribution in [0.4, 0.5) is 0 Å². The van der Waals surface area contributed by atoms with E-state index in [-0.39, 0.29) is 30.2 Å². The van der Waals surface area contributed by atoms with Gasteiger partial charge in [-0.15, -0.1) is 12.4 Å². The van der Waals surface area contributed by atoms with Gasteiger partial charge in [-0.25, -0.2) is 0 Å². The molecule has 6 nitrogen and oxygen atoms in total. The maximum atomic E-state index is 12.2. The molecule has 7 heteroatoms. The number of amides is 1. The van der Waals surface area contributed by atoms with E-state index < -0.39 is 0 Å². The predicted molar refractivity (Wildman–Crippen MR) is 71.2 cm³/mol. The molecule has 3 rings (SSSR count). The van der Waals surface area contributed by atoms with Gasteiger partial charge in [0.1, 0.15) is 0 Å². The van der Waals surface area contributed by atoms with Crippen molar-refractivity contribution in [2.75, 3.05) is 26.2 Å². The molecule has 2 fully saturated rings. The van der Waals surface area contributed by atoms with E-state index in [1.807, 2.05) is 11.8 Å². The molecule has 1 atom stereocenters. The van der Waals surface area contributed by atoms with Crippen molar-refractivity contribution in [3.8, 4) is 0 Å². The molecule has 2 aliphatic rings. The fourth-order valence-corrected chi connectivity index (χ4v) is 2.58. The third-order valence-corrected chi connectivity index (χ3v) is 3.76. The molecule has 1 aromatic heterocycles. The molecule has 2 saturated heterocycles. The van der Waals surface area contributed by atoms with Gasteiger partial charge in [0.2, 0.25) is 11.8 Å². The first-order chi connectivity index (χ1) is 8.74. The van der Waals surface area contributed by atoms with Crippen molar-refractivity contribution in [2.45, 2.75) is 25.7 Å². The van der Waals surface area contributed by atoms with Gasteiger partial charge in [-0.1, -0.05) is 5.16 Å². The molecule has 0 aliphatic carbocycles. The molecule has 19 heavy (non-hydrogen) atoms. The van der Waals surface area contributed by atoms with Crippen LogP contribution in [0.15, 0.2) is 4.52 Å². The van der Waals surface area contributed by atoms with Crippen molar-refractivity contribution in [1.82, 2.24) is 20.4 Å². The van der Waals surface area contributed by atoms with Crippen LogP contribution in [0.25, 0.3) is 0 Å². The minimum absolute atomic E-state index is 0. The molecule has 2 aliphatic heterocycles. The first kappa shape index (κ1) is 14.3. The van der Waals surface area contributed by atoms with Crippen molar-refractivity contribution in [2.24, 2.45) is 5.92 Å². The van der Waals surface area contributed by atoms with Gasteiger partial charge in [-0.05, 0) is 19.8 Å². The monoisotopic (exact) mass is 286 g/mol. The first-order valence-electron chi connectivity index (χ1n) is 6.54. The molecule has 0 radical (unpaired) electrons. The van der Waals surface area contributed by atoms with Crippen molar-refractivity contribution >= 4 is 18.3 Å². The number of rotatable bonds is 2. The van der Waals surface area contributed by atoms with E-state index in [1.54, 1.807) is 0 Å². The quantitative estimate of drug-likeness (QED) is 0.868. The van der Waals surface area contributed by atoms with Crippen LogP contribution >= 0.6 is 12.4 Å². The third kappa shape index (κ3) is 2.90. The number of aromatic nitrogens is 2. The fourth-order valence-electron chi connectivity index (χ4n) is 2.58. The van der Waals surface area contributed by atoms with Crippen molar-refractivity contribution in [3.05, 3.63) is 11.7 Å². The van der Waals surface area contributed by atoms with Crippen LogP contribution in [-0.2, 0) is 4.79 Å². The number of halogens is 1. The number of piperidine rings is 1. The Labute approximate surface area is 118 Å². The molecule has 0 saturated carbocycles. The topological polar surface area (TPSA) is 71.3 Å². The molecule has 0 spiro atoms. The number of likely N-dealkylation sites (tertiary alicyclic amines) is 1. The van der Waals surface area contributed by atoms with Gasteiger partial charge in [-0.2, -0.15) is 4.98 Å². The summed E-state index contributed by atoms with van der Waals surface area (Å²) < 4.78 is 5.22. The second-order valence-corrected chi connectivity index (χ2v) is 5.16. The molecule has 1 aromatic rings. The van der Waals surface area contributed by atoms with Crippen LogP contribution < -0.4 is 5.32 Å². The molecule has 0 bridgehead atoms. The van der Waals surface area contributed by atoms with Crippen molar-refractivity contribution < 1.29 is 9.32 Å². The normalized spacial score (nSPS) is 23.6. The average molecular weight is 287 g/mol. The lowest BCUT2D eigenvalue weighted by Crippen LogP contribution is -2.53. The zero-order chi connectivity index (χ0) is 12.5. The van der Waals surface area contributed by atoms with Crippen LogP contribution in [-0.4, -0.2) is 47.1 Å². The highest BCUT2D eigenvalue weighted by molar-refractivity contribution is 5.85. The highest BCUT2D eigenvalue weighted by atomic mass is 35.5. The Hall–Kier alpha value is -1.14. The number of nitrogens with one attached hydrogen (secondary N) is 1. The summed E-state index contributed by atoms with van der Waals surface area (Å²) in [6.45, 7) is 5.04. The van der Waals surface area contributed by atoms with Crippen LogP contribution in [0, 0.1) is 12.8 Å². The highest BCUT2D eigenvalue weighted by Crippen LogP contribution is 2.26. The molecule has 3 heterocycles. The van der Waals surface area contributed by atoms with Gasteiger partial charge in [-0.3, -0.25) is 4.79 Å². The van der Waals surface area contributed by atoms with E-state index in [4.69, 9.17) is 4.52 Å². The standard InChI is InChI=1S/C12H18N4O2.ClH/c1-8-14-11(18-15-8)9-3-2-4-16(7-9)12(17)10-5-13-6-10;/h9-10,13H,2-7H2,1H3;1H. The zero-order valence-electron chi connectivity index (χ0n) is 11.0. The lowest BCUT2D eigenvalue weighted by Gasteiger charge is -2.36. The second kappa shape index (κ2) is 5.88. The number of carbonyl (C=O) groups excluding carboxylic acids is 1. The molecular formula is C12H19ClN4O2. The Morgan fingerprint density at radius 1 is 1.47 bits per heavy atom. The summed E-state index contributed by atoms with van der Waals surface area (Å²) in [6, 6.07) is 0. The molecular weight excluding hydrogens is 268 g/mol. The van der Waals surface area contributed by atoms with Gasteiger partial charge < -0.3 is 14.7 Å². The summed E-state index contributed by atoms with van der Waals surface area (Å²) in [5.74, 6) is 1.99. The SMILES string of the molecule is Cc1noc(C2CCCN(C(=O)C3CNC3)C2)n1.Cl. The lowest BCUT2D eigenvalue weighted by atomic mass is 9.95. The molecule has 106 valence electrons. The number of nitrogens with zero attached hydrogens (tertiary/aromatic N) is 3. The van der Waals surface area contributed by atoms with Gasteiger partial charge in [0.25, 0.3) is 0 Å². The van der Waals surface area contributed by atoms with Crippen LogP contribution in [0.2, 0.25) is 0 Å². The summed E-state index contributed by atoms with van der Waals surface area (Å²) in [5, 5.41) is 6.96. The Balaban J connectivity index is 0.00000133. The second-order valence-electron chi connectivity index (χ2n) is 5.16. The van der Waals surface area contributed by atoms with Crippen LogP contribution in [0.1, 0.15) is 30.5 Å². The maximum Gasteiger partial charge on any atom is 0.231 e. The van der Waals surface area contributed by atoms with E-state index in [0.29, 0.717) is 11.7 Å². The Morgan fingerprint density at radius 3 is 2.84 bits per heavy atom. The summed E-state index contributed by atoms with van der Waals surface area (Å²) in [7, 11) is 0. The maximum absolute atomic E-state index is 12.2. The van der Waals surface area contributed by atoms with Gasteiger partial charge in [0.05, 0.1) is 11.8 Å². The molecule has 0 aromatic carbocycles. The minimum Gasteiger partial charge on any atom is -0.342 e. The van der Waals surface area contributed by atoms with Gasteiger partial charge >= 0.3 is 0 Å². The fraction of sp³-hybridized carbons (Fsp3) is 0.750. The van der Waals surface area contributed by atoms with E-state index in [9.17, 15) is 4.79 Å². The van der Waals surface area contributed by atoms with E-state index >= 15 is 0 Å². The Morgan fingerprint density at radius 2 is 2.26 bits per heavy atom. The van der Waals surface area contributed by atoms with Crippen molar-refractivity contribution in [3.63, 3.8) is 0 Å². The van der Waals surface area contributed by atoms with E-state index in [0.717, 1.165) is 39.0 Å².